The number of carbonyl (C=O) groups excluding carboxylic acids is 1. The number of rotatable bonds is 0. The zero-order valence-corrected chi connectivity index (χ0v) is 8.58. The normalized spacial score (nSPS) is 18.2. The lowest BCUT2D eigenvalue weighted by molar-refractivity contribution is 0.240. The molecule has 0 atom stereocenters. The van der Waals surface area contributed by atoms with E-state index in [4.69, 9.17) is 0 Å². The molecule has 1 aromatic rings. The number of nitrogens with one attached hydrogen (secondary N) is 1. The van der Waals surface area contributed by atoms with Crippen molar-refractivity contribution in [3.05, 3.63) is 18.2 Å². The second-order valence-electron chi connectivity index (χ2n) is 3.08. The SMILES string of the molecule is CN1C(=O)Nc2ccc(O)cc2S1(=O)=O. The van der Waals surface area contributed by atoms with Crippen molar-refractivity contribution in [1.29, 1.82) is 0 Å². The molecule has 1 aromatic carbocycles. The second-order valence-corrected chi connectivity index (χ2v) is 5.02. The Kier molecular flexibility index (Phi) is 1.87. The topological polar surface area (TPSA) is 86.7 Å². The molecule has 0 fully saturated rings. The van der Waals surface area contributed by atoms with E-state index in [1.807, 2.05) is 0 Å². The highest BCUT2D eigenvalue weighted by molar-refractivity contribution is 7.90. The Balaban J connectivity index is 2.73. The number of anilines is 1. The summed E-state index contributed by atoms with van der Waals surface area (Å²) >= 11 is 0. The van der Waals surface area contributed by atoms with E-state index >= 15 is 0 Å². The van der Waals surface area contributed by atoms with Crippen LogP contribution in [0.3, 0.4) is 0 Å². The maximum atomic E-state index is 11.7. The van der Waals surface area contributed by atoms with Gasteiger partial charge in [-0.15, -0.1) is 0 Å². The van der Waals surface area contributed by atoms with Crippen LogP contribution >= 0.6 is 0 Å². The maximum Gasteiger partial charge on any atom is 0.335 e. The van der Waals surface area contributed by atoms with Gasteiger partial charge in [-0.25, -0.2) is 17.5 Å². The van der Waals surface area contributed by atoms with Gasteiger partial charge >= 0.3 is 6.03 Å². The molecule has 0 saturated heterocycles. The highest BCUT2D eigenvalue weighted by Crippen LogP contribution is 2.31. The van der Waals surface area contributed by atoms with Crippen LogP contribution in [0.4, 0.5) is 10.5 Å². The molecule has 0 radical (unpaired) electrons. The van der Waals surface area contributed by atoms with Gasteiger partial charge in [0.1, 0.15) is 10.6 Å². The number of urea groups is 1. The Hall–Kier alpha value is -1.76. The molecule has 0 aromatic heterocycles. The fourth-order valence-corrected chi connectivity index (χ4v) is 2.50. The monoisotopic (exact) mass is 228 g/mol. The Labute approximate surface area is 86.2 Å². The van der Waals surface area contributed by atoms with Gasteiger partial charge in [-0.05, 0) is 12.1 Å². The van der Waals surface area contributed by atoms with Crippen molar-refractivity contribution in [1.82, 2.24) is 4.31 Å². The van der Waals surface area contributed by atoms with Gasteiger partial charge in [0.15, 0.2) is 0 Å². The molecule has 0 saturated carbocycles. The van der Waals surface area contributed by atoms with Gasteiger partial charge in [-0.3, -0.25) is 0 Å². The number of aromatic hydroxyl groups is 1. The van der Waals surface area contributed by atoms with E-state index in [1.165, 1.54) is 12.1 Å². The largest absolute Gasteiger partial charge is 0.508 e. The lowest BCUT2D eigenvalue weighted by atomic mass is 10.3. The third-order valence-corrected chi connectivity index (χ3v) is 3.91. The standard InChI is InChI=1S/C8H8N2O4S/c1-10-8(12)9-6-3-2-5(11)4-7(6)15(10,13)14/h2-4,11H,1H3,(H,9,12). The van der Waals surface area contributed by atoms with Crippen molar-refractivity contribution in [2.75, 3.05) is 12.4 Å². The van der Waals surface area contributed by atoms with Crippen LogP contribution in [-0.2, 0) is 10.0 Å². The minimum absolute atomic E-state index is 0.107. The summed E-state index contributed by atoms with van der Waals surface area (Å²) in [5, 5.41) is 11.6. The Morgan fingerprint density at radius 2 is 2.07 bits per heavy atom. The van der Waals surface area contributed by atoms with E-state index in [0.717, 1.165) is 13.1 Å². The molecular weight excluding hydrogens is 220 g/mol. The first kappa shape index (κ1) is 9.78. The van der Waals surface area contributed by atoms with Crippen LogP contribution in [0.2, 0.25) is 0 Å². The van der Waals surface area contributed by atoms with Crippen molar-refractivity contribution in [3.63, 3.8) is 0 Å². The van der Waals surface area contributed by atoms with Crippen LogP contribution in [0.15, 0.2) is 23.1 Å². The summed E-state index contributed by atoms with van der Waals surface area (Å²) in [6.07, 6.45) is 0. The van der Waals surface area contributed by atoms with E-state index in [1.54, 1.807) is 0 Å². The number of hydrogen-bond acceptors (Lipinski definition) is 4. The lowest BCUT2D eigenvalue weighted by Crippen LogP contribution is -2.40. The number of sulfonamides is 1. The van der Waals surface area contributed by atoms with Crippen LogP contribution in [0.1, 0.15) is 0 Å². The van der Waals surface area contributed by atoms with Gasteiger partial charge in [0.25, 0.3) is 10.0 Å². The van der Waals surface area contributed by atoms with Crippen LogP contribution in [0, 0.1) is 0 Å². The molecule has 2 N–H and O–H groups in total. The molecule has 0 bridgehead atoms. The molecular formula is C8H8N2O4S. The molecule has 15 heavy (non-hydrogen) atoms. The summed E-state index contributed by atoms with van der Waals surface area (Å²) < 4.78 is 24.0. The fourth-order valence-electron chi connectivity index (χ4n) is 1.28. The Morgan fingerprint density at radius 3 is 2.73 bits per heavy atom. The number of amides is 2. The second kappa shape index (κ2) is 2.86. The first-order valence-corrected chi connectivity index (χ1v) is 5.50. The average molecular weight is 228 g/mol. The molecule has 80 valence electrons. The van der Waals surface area contributed by atoms with Crippen LogP contribution in [-0.4, -0.2) is 30.9 Å². The minimum atomic E-state index is -3.83. The zero-order chi connectivity index (χ0) is 11.2. The molecule has 7 heteroatoms. The first-order chi connectivity index (χ1) is 6.93. The number of hydrogen-bond donors (Lipinski definition) is 2. The third-order valence-electron chi connectivity index (χ3n) is 2.13. The number of carbonyl (C=O) groups is 1. The molecule has 2 amide bonds. The van der Waals surface area contributed by atoms with Crippen LogP contribution in [0.5, 0.6) is 5.75 Å². The first-order valence-electron chi connectivity index (χ1n) is 4.06. The summed E-state index contributed by atoms with van der Waals surface area (Å²) in [5.74, 6) is -0.165. The van der Waals surface area contributed by atoms with Crippen molar-refractivity contribution in [2.45, 2.75) is 4.90 Å². The number of benzene rings is 1. The zero-order valence-electron chi connectivity index (χ0n) is 7.76. The third kappa shape index (κ3) is 1.32. The summed E-state index contributed by atoms with van der Waals surface area (Å²) in [6.45, 7) is 0. The van der Waals surface area contributed by atoms with Gasteiger partial charge in [0.05, 0.1) is 5.69 Å². The van der Waals surface area contributed by atoms with Crippen molar-refractivity contribution in [3.8, 4) is 5.75 Å². The predicted octanol–water partition coefficient (Wildman–Crippen LogP) is 0.558. The number of phenols is 1. The van der Waals surface area contributed by atoms with Crippen molar-refractivity contribution in [2.24, 2.45) is 0 Å². The maximum absolute atomic E-state index is 11.7. The highest BCUT2D eigenvalue weighted by Gasteiger charge is 2.33. The van der Waals surface area contributed by atoms with Crippen molar-refractivity contribution < 1.29 is 18.3 Å². The molecule has 1 aliphatic rings. The summed E-state index contributed by atoms with van der Waals surface area (Å²) in [6, 6.07) is 3.03. The molecule has 0 spiro atoms. The fraction of sp³-hybridized carbons (Fsp3) is 0.125. The Morgan fingerprint density at radius 1 is 1.40 bits per heavy atom. The van der Waals surface area contributed by atoms with Gasteiger partial charge in [-0.2, -0.15) is 0 Å². The molecule has 0 aliphatic carbocycles. The number of nitrogens with zero attached hydrogens (tertiary/aromatic N) is 1. The van der Waals surface area contributed by atoms with E-state index in [-0.39, 0.29) is 16.3 Å². The summed E-state index contributed by atoms with van der Waals surface area (Å²) in [4.78, 5) is 11.1. The van der Waals surface area contributed by atoms with E-state index in [0.29, 0.717) is 4.31 Å². The number of phenolic OH excluding ortho intramolecular Hbond substituents is 1. The number of fused-ring (bicyclic) bond motifs is 1. The van der Waals surface area contributed by atoms with E-state index in [2.05, 4.69) is 5.32 Å². The van der Waals surface area contributed by atoms with E-state index < -0.39 is 16.1 Å². The summed E-state index contributed by atoms with van der Waals surface area (Å²) in [5.41, 5.74) is 0.177. The van der Waals surface area contributed by atoms with Crippen molar-refractivity contribution >= 4 is 21.7 Å². The minimum Gasteiger partial charge on any atom is -0.508 e. The van der Waals surface area contributed by atoms with Gasteiger partial charge in [-0.1, -0.05) is 0 Å². The summed E-state index contributed by atoms with van der Waals surface area (Å²) in [7, 11) is -2.68. The van der Waals surface area contributed by atoms with Crippen LogP contribution < -0.4 is 5.32 Å². The van der Waals surface area contributed by atoms with E-state index in [9.17, 15) is 18.3 Å². The Bertz CT molecular complexity index is 538. The van der Waals surface area contributed by atoms with Gasteiger partial charge in [0.2, 0.25) is 0 Å². The molecule has 6 nitrogen and oxygen atoms in total. The highest BCUT2D eigenvalue weighted by atomic mass is 32.2. The quantitative estimate of drug-likeness (QED) is 0.635. The van der Waals surface area contributed by atoms with Gasteiger partial charge in [0, 0.05) is 13.1 Å². The lowest BCUT2D eigenvalue weighted by Gasteiger charge is -2.25. The molecule has 1 heterocycles. The molecule has 0 unspecified atom stereocenters. The predicted molar refractivity (Wildman–Crippen MR) is 52.1 cm³/mol. The smallest absolute Gasteiger partial charge is 0.335 e. The van der Waals surface area contributed by atoms with Crippen LogP contribution in [0.25, 0.3) is 0 Å². The average Bonchev–Trinajstić information content (AvgIpc) is 2.17. The molecule has 2 rings (SSSR count). The molecule has 1 aliphatic heterocycles. The van der Waals surface area contributed by atoms with Gasteiger partial charge < -0.3 is 10.4 Å².